The second-order valence-corrected chi connectivity index (χ2v) is 10.8. The average molecular weight is 506 g/mol. The minimum atomic E-state index is -3.78. The van der Waals surface area contributed by atoms with Gasteiger partial charge in [-0.1, -0.05) is 30.3 Å². The molecular weight excluding hydrogens is 482 g/mol. The minimum absolute atomic E-state index is 0.0225. The van der Waals surface area contributed by atoms with Crippen LogP contribution in [0.25, 0.3) is 10.8 Å². The first-order valence-electron chi connectivity index (χ1n) is 10.7. The summed E-state index contributed by atoms with van der Waals surface area (Å²) in [4.78, 5) is 26.0. The number of sulfonamides is 1. The lowest BCUT2D eigenvalue weighted by atomic mass is 10.1. The van der Waals surface area contributed by atoms with Crippen LogP contribution in [0.3, 0.4) is 0 Å². The van der Waals surface area contributed by atoms with E-state index in [4.69, 9.17) is 5.14 Å². The van der Waals surface area contributed by atoms with Gasteiger partial charge in [0.05, 0.1) is 10.1 Å². The van der Waals surface area contributed by atoms with Crippen molar-refractivity contribution in [2.45, 2.75) is 22.0 Å². The van der Waals surface area contributed by atoms with Crippen LogP contribution >= 0.6 is 11.8 Å². The van der Waals surface area contributed by atoms with Crippen molar-refractivity contribution in [2.24, 2.45) is 5.14 Å². The molecule has 1 unspecified atom stereocenters. The van der Waals surface area contributed by atoms with Crippen LogP contribution < -0.4 is 15.8 Å². The van der Waals surface area contributed by atoms with E-state index in [-0.39, 0.29) is 16.7 Å². The van der Waals surface area contributed by atoms with E-state index in [0.29, 0.717) is 16.9 Å². The molecule has 178 valence electrons. The fraction of sp³-hybridized carbons (Fsp3) is 0.0769. The maximum Gasteiger partial charge on any atom is 0.255 e. The van der Waals surface area contributed by atoms with E-state index in [0.717, 1.165) is 15.7 Å². The van der Waals surface area contributed by atoms with Crippen LogP contribution in [0.15, 0.2) is 101 Å². The lowest BCUT2D eigenvalue weighted by Gasteiger charge is -2.13. The molecule has 0 aromatic heterocycles. The Kier molecular flexibility index (Phi) is 7.20. The third-order valence-electron chi connectivity index (χ3n) is 5.26. The molecule has 0 aliphatic carbocycles. The van der Waals surface area contributed by atoms with Crippen molar-refractivity contribution in [1.82, 2.24) is 0 Å². The first-order valence-corrected chi connectivity index (χ1v) is 13.1. The van der Waals surface area contributed by atoms with Gasteiger partial charge in [-0.05, 0) is 78.4 Å². The molecule has 4 aromatic carbocycles. The van der Waals surface area contributed by atoms with Crippen LogP contribution in [-0.2, 0) is 14.8 Å². The number of primary sulfonamides is 1. The van der Waals surface area contributed by atoms with Gasteiger partial charge in [-0.25, -0.2) is 13.6 Å². The molecule has 0 spiro atoms. The summed E-state index contributed by atoms with van der Waals surface area (Å²) in [5.41, 5.74) is 1.70. The molecule has 0 saturated carbocycles. The monoisotopic (exact) mass is 505 g/mol. The van der Waals surface area contributed by atoms with Crippen molar-refractivity contribution in [3.8, 4) is 0 Å². The van der Waals surface area contributed by atoms with Gasteiger partial charge in [0.25, 0.3) is 5.91 Å². The van der Waals surface area contributed by atoms with Crippen molar-refractivity contribution in [1.29, 1.82) is 0 Å². The summed E-state index contributed by atoms with van der Waals surface area (Å²) in [7, 11) is -3.78. The molecule has 0 aliphatic rings. The standard InChI is InChI=1S/C26H23N3O4S2/c1-17(25(30)28-22-10-14-24(15-11-22)35(27,32)33)34-23-12-8-21(9-13-23)29-26(31)20-7-6-18-4-2-3-5-19(18)16-20/h2-17H,1H3,(H,28,30)(H,29,31)(H2,27,32,33). The van der Waals surface area contributed by atoms with E-state index >= 15 is 0 Å². The molecule has 4 N–H and O–H groups in total. The van der Waals surface area contributed by atoms with E-state index in [2.05, 4.69) is 10.6 Å². The lowest BCUT2D eigenvalue weighted by Crippen LogP contribution is -2.22. The predicted molar refractivity (Wildman–Crippen MR) is 140 cm³/mol. The largest absolute Gasteiger partial charge is 0.325 e. The van der Waals surface area contributed by atoms with Crippen LogP contribution in [0.2, 0.25) is 0 Å². The van der Waals surface area contributed by atoms with Gasteiger partial charge in [-0.15, -0.1) is 11.8 Å². The van der Waals surface area contributed by atoms with Crippen LogP contribution in [-0.4, -0.2) is 25.5 Å². The molecular formula is C26H23N3O4S2. The SMILES string of the molecule is CC(Sc1ccc(NC(=O)c2ccc3ccccc3c2)cc1)C(=O)Nc1ccc(S(N)(=O)=O)cc1. The highest BCUT2D eigenvalue weighted by molar-refractivity contribution is 8.00. The molecule has 0 saturated heterocycles. The highest BCUT2D eigenvalue weighted by atomic mass is 32.2. The van der Waals surface area contributed by atoms with Crippen molar-refractivity contribution >= 4 is 55.7 Å². The Hall–Kier alpha value is -3.66. The van der Waals surface area contributed by atoms with Crippen LogP contribution in [0.4, 0.5) is 11.4 Å². The highest BCUT2D eigenvalue weighted by Gasteiger charge is 2.16. The minimum Gasteiger partial charge on any atom is -0.325 e. The molecule has 0 radical (unpaired) electrons. The summed E-state index contributed by atoms with van der Waals surface area (Å²) in [6, 6.07) is 26.4. The Morgan fingerprint density at radius 3 is 2.06 bits per heavy atom. The number of nitrogens with one attached hydrogen (secondary N) is 2. The second kappa shape index (κ2) is 10.3. The molecule has 4 rings (SSSR count). The van der Waals surface area contributed by atoms with Crippen molar-refractivity contribution in [2.75, 3.05) is 10.6 Å². The summed E-state index contributed by atoms with van der Waals surface area (Å²) < 4.78 is 22.7. The van der Waals surface area contributed by atoms with Gasteiger partial charge < -0.3 is 10.6 Å². The Bertz CT molecular complexity index is 1490. The topological polar surface area (TPSA) is 118 Å². The molecule has 9 heteroatoms. The van der Waals surface area contributed by atoms with Crippen molar-refractivity contribution in [3.05, 3.63) is 96.6 Å². The number of rotatable bonds is 7. The first kappa shape index (κ1) is 24.5. The zero-order chi connectivity index (χ0) is 25.0. The number of benzene rings is 4. The van der Waals surface area contributed by atoms with Crippen LogP contribution in [0.1, 0.15) is 17.3 Å². The van der Waals surface area contributed by atoms with Gasteiger partial charge in [-0.3, -0.25) is 9.59 Å². The number of fused-ring (bicyclic) bond motifs is 1. The molecule has 2 amide bonds. The number of carbonyl (C=O) groups excluding carboxylic acids is 2. The molecule has 4 aromatic rings. The molecule has 7 nitrogen and oxygen atoms in total. The number of anilines is 2. The van der Waals surface area contributed by atoms with Crippen molar-refractivity contribution < 1.29 is 18.0 Å². The van der Waals surface area contributed by atoms with Crippen molar-refractivity contribution in [3.63, 3.8) is 0 Å². The maximum atomic E-state index is 12.6. The fourth-order valence-electron chi connectivity index (χ4n) is 3.38. The number of carbonyl (C=O) groups is 2. The van der Waals surface area contributed by atoms with Crippen LogP contribution in [0, 0.1) is 0 Å². The molecule has 35 heavy (non-hydrogen) atoms. The van der Waals surface area contributed by atoms with E-state index in [1.807, 2.05) is 48.5 Å². The number of nitrogens with two attached hydrogens (primary N) is 1. The van der Waals surface area contributed by atoms with Gasteiger partial charge in [0.2, 0.25) is 15.9 Å². The third-order valence-corrected chi connectivity index (χ3v) is 7.30. The van der Waals surface area contributed by atoms with Gasteiger partial charge >= 0.3 is 0 Å². The van der Waals surface area contributed by atoms with Gasteiger partial charge in [0.15, 0.2) is 0 Å². The quantitative estimate of drug-likeness (QED) is 0.310. The second-order valence-electron chi connectivity index (χ2n) is 7.86. The predicted octanol–water partition coefficient (Wildman–Crippen LogP) is 4.86. The van der Waals surface area contributed by atoms with Gasteiger partial charge in [0, 0.05) is 21.8 Å². The first-order chi connectivity index (χ1) is 16.7. The zero-order valence-corrected chi connectivity index (χ0v) is 20.4. The Balaban J connectivity index is 1.34. The van der Waals surface area contributed by atoms with E-state index in [1.165, 1.54) is 36.0 Å². The molecule has 0 aliphatic heterocycles. The summed E-state index contributed by atoms with van der Waals surface area (Å²) in [5, 5.41) is 12.4. The van der Waals surface area contributed by atoms with E-state index in [9.17, 15) is 18.0 Å². The van der Waals surface area contributed by atoms with Crippen LogP contribution in [0.5, 0.6) is 0 Å². The highest BCUT2D eigenvalue weighted by Crippen LogP contribution is 2.26. The number of hydrogen-bond donors (Lipinski definition) is 3. The molecule has 0 heterocycles. The van der Waals surface area contributed by atoms with Gasteiger partial charge in [-0.2, -0.15) is 0 Å². The molecule has 0 fully saturated rings. The normalized spacial score (nSPS) is 12.2. The Morgan fingerprint density at radius 2 is 1.40 bits per heavy atom. The lowest BCUT2D eigenvalue weighted by molar-refractivity contribution is -0.115. The third kappa shape index (κ3) is 6.27. The molecule has 0 bridgehead atoms. The van der Waals surface area contributed by atoms with E-state index < -0.39 is 15.3 Å². The summed E-state index contributed by atoms with van der Waals surface area (Å²) in [6.45, 7) is 1.77. The van der Waals surface area contributed by atoms with E-state index in [1.54, 1.807) is 25.1 Å². The molecule has 1 atom stereocenters. The Morgan fingerprint density at radius 1 is 0.800 bits per heavy atom. The number of hydrogen-bond acceptors (Lipinski definition) is 5. The smallest absolute Gasteiger partial charge is 0.255 e. The number of amides is 2. The zero-order valence-electron chi connectivity index (χ0n) is 18.8. The fourth-order valence-corrected chi connectivity index (χ4v) is 4.76. The Labute approximate surface area is 207 Å². The summed E-state index contributed by atoms with van der Waals surface area (Å²) in [5.74, 6) is -0.426. The maximum absolute atomic E-state index is 12.6. The summed E-state index contributed by atoms with van der Waals surface area (Å²) >= 11 is 1.36. The number of thioether (sulfide) groups is 1. The summed E-state index contributed by atoms with van der Waals surface area (Å²) in [6.07, 6.45) is 0. The average Bonchev–Trinajstić information content (AvgIpc) is 2.84. The van der Waals surface area contributed by atoms with Gasteiger partial charge in [0.1, 0.15) is 0 Å².